The molecule has 4 nitrogen and oxygen atoms in total. The minimum Gasteiger partial charge on any atom is -0.356 e. The molecule has 4 heteroatoms. The lowest BCUT2D eigenvalue weighted by molar-refractivity contribution is 0.431. The summed E-state index contributed by atoms with van der Waals surface area (Å²) in [5.74, 6) is 0.795. The average molecular weight is 203 g/mol. The van der Waals surface area contributed by atoms with Gasteiger partial charge in [-0.3, -0.25) is 4.98 Å². The molecule has 0 saturated carbocycles. The smallest absolute Gasteiger partial charge is 0.172 e. The van der Waals surface area contributed by atoms with Gasteiger partial charge in [-0.1, -0.05) is 12.1 Å². The van der Waals surface area contributed by atoms with Crippen molar-refractivity contribution in [3.8, 4) is 11.3 Å². The molecule has 0 atom stereocenters. The maximum absolute atomic E-state index is 5.22. The van der Waals surface area contributed by atoms with Crippen molar-refractivity contribution >= 4 is 0 Å². The third kappa shape index (κ3) is 2.22. The Balaban J connectivity index is 2.25. The molecular formula is C11H13N3O. The van der Waals surface area contributed by atoms with Crippen molar-refractivity contribution in [2.75, 3.05) is 6.54 Å². The average Bonchev–Trinajstić information content (AvgIpc) is 2.75. The van der Waals surface area contributed by atoms with Crippen molar-refractivity contribution in [2.24, 2.45) is 0 Å². The number of nitrogens with one attached hydrogen (secondary N) is 1. The fourth-order valence-corrected chi connectivity index (χ4v) is 1.38. The summed E-state index contributed by atoms with van der Waals surface area (Å²) in [5.41, 5.74) is 2.02. The third-order valence-electron chi connectivity index (χ3n) is 2.13. The SMILES string of the molecule is CCNCc1cnoc1-c1cccnc1. The second kappa shape index (κ2) is 4.70. The fourth-order valence-electron chi connectivity index (χ4n) is 1.38. The highest BCUT2D eigenvalue weighted by atomic mass is 16.5. The Labute approximate surface area is 88.3 Å². The topological polar surface area (TPSA) is 51.0 Å². The monoisotopic (exact) mass is 203 g/mol. The minimum absolute atomic E-state index is 0.768. The molecule has 2 aromatic rings. The highest BCUT2D eigenvalue weighted by Crippen LogP contribution is 2.21. The van der Waals surface area contributed by atoms with Gasteiger partial charge < -0.3 is 9.84 Å². The van der Waals surface area contributed by atoms with Gasteiger partial charge in [-0.05, 0) is 18.7 Å². The number of aromatic nitrogens is 2. The lowest BCUT2D eigenvalue weighted by atomic mass is 10.1. The van der Waals surface area contributed by atoms with Gasteiger partial charge in [0.2, 0.25) is 0 Å². The lowest BCUT2D eigenvalue weighted by Crippen LogP contribution is -2.11. The van der Waals surface area contributed by atoms with Crippen LogP contribution in [0.4, 0.5) is 0 Å². The van der Waals surface area contributed by atoms with E-state index in [2.05, 4.69) is 22.4 Å². The quantitative estimate of drug-likeness (QED) is 0.823. The summed E-state index contributed by atoms with van der Waals surface area (Å²) in [7, 11) is 0. The van der Waals surface area contributed by atoms with E-state index in [0.717, 1.165) is 30.0 Å². The number of pyridine rings is 1. The largest absolute Gasteiger partial charge is 0.356 e. The molecule has 0 aliphatic rings. The van der Waals surface area contributed by atoms with Crippen LogP contribution in [-0.2, 0) is 6.54 Å². The Morgan fingerprint density at radius 3 is 3.07 bits per heavy atom. The molecular weight excluding hydrogens is 190 g/mol. The summed E-state index contributed by atoms with van der Waals surface area (Å²) < 4.78 is 5.22. The van der Waals surface area contributed by atoms with Crippen LogP contribution in [-0.4, -0.2) is 16.7 Å². The van der Waals surface area contributed by atoms with Crippen molar-refractivity contribution in [3.63, 3.8) is 0 Å². The molecule has 0 aliphatic heterocycles. The maximum Gasteiger partial charge on any atom is 0.172 e. The van der Waals surface area contributed by atoms with E-state index in [9.17, 15) is 0 Å². The molecule has 0 aliphatic carbocycles. The summed E-state index contributed by atoms with van der Waals surface area (Å²) in [6.07, 6.45) is 5.25. The van der Waals surface area contributed by atoms with Gasteiger partial charge >= 0.3 is 0 Å². The second-order valence-corrected chi connectivity index (χ2v) is 3.20. The van der Waals surface area contributed by atoms with E-state index in [1.807, 2.05) is 12.1 Å². The highest BCUT2D eigenvalue weighted by Gasteiger charge is 2.09. The van der Waals surface area contributed by atoms with E-state index < -0.39 is 0 Å². The number of rotatable bonds is 4. The van der Waals surface area contributed by atoms with E-state index in [1.165, 1.54) is 0 Å². The van der Waals surface area contributed by atoms with Crippen LogP contribution in [0.1, 0.15) is 12.5 Å². The first kappa shape index (κ1) is 9.86. The first-order valence-electron chi connectivity index (χ1n) is 4.96. The molecule has 1 N–H and O–H groups in total. The summed E-state index contributed by atoms with van der Waals surface area (Å²) >= 11 is 0. The second-order valence-electron chi connectivity index (χ2n) is 3.20. The molecule has 0 radical (unpaired) electrons. The van der Waals surface area contributed by atoms with Gasteiger partial charge in [0, 0.05) is 30.1 Å². The standard InChI is InChI=1S/C11H13N3O/c1-2-12-7-10-8-14-15-11(10)9-4-3-5-13-6-9/h3-6,8,12H,2,7H2,1H3. The Morgan fingerprint density at radius 2 is 2.33 bits per heavy atom. The molecule has 2 rings (SSSR count). The molecule has 15 heavy (non-hydrogen) atoms. The number of hydrogen-bond acceptors (Lipinski definition) is 4. The summed E-state index contributed by atoms with van der Waals surface area (Å²) in [4.78, 5) is 4.05. The van der Waals surface area contributed by atoms with Crippen LogP contribution in [0.15, 0.2) is 35.2 Å². The molecule has 0 amide bonds. The van der Waals surface area contributed by atoms with Crippen molar-refractivity contribution in [2.45, 2.75) is 13.5 Å². The van der Waals surface area contributed by atoms with Gasteiger partial charge in [0.25, 0.3) is 0 Å². The molecule has 0 saturated heterocycles. The Hall–Kier alpha value is -1.68. The van der Waals surface area contributed by atoms with Crippen LogP contribution < -0.4 is 5.32 Å². The first-order valence-corrected chi connectivity index (χ1v) is 4.96. The molecule has 0 fully saturated rings. The minimum atomic E-state index is 0.768. The predicted molar refractivity (Wildman–Crippen MR) is 57.1 cm³/mol. The zero-order valence-electron chi connectivity index (χ0n) is 8.60. The van der Waals surface area contributed by atoms with Gasteiger partial charge in [0.05, 0.1) is 6.20 Å². The Bertz CT molecular complexity index is 411. The zero-order chi connectivity index (χ0) is 10.5. The van der Waals surface area contributed by atoms with Crippen molar-refractivity contribution < 1.29 is 4.52 Å². The lowest BCUT2D eigenvalue weighted by Gasteiger charge is -2.00. The highest BCUT2D eigenvalue weighted by molar-refractivity contribution is 5.59. The molecule has 2 heterocycles. The van der Waals surface area contributed by atoms with Gasteiger partial charge in [-0.25, -0.2) is 0 Å². The molecule has 0 bridgehead atoms. The van der Waals surface area contributed by atoms with Crippen LogP contribution in [0.25, 0.3) is 11.3 Å². The van der Waals surface area contributed by atoms with Gasteiger partial charge in [-0.2, -0.15) is 0 Å². The van der Waals surface area contributed by atoms with Crippen LogP contribution in [0.5, 0.6) is 0 Å². The molecule has 2 aromatic heterocycles. The number of hydrogen-bond donors (Lipinski definition) is 1. The number of nitrogens with zero attached hydrogens (tertiary/aromatic N) is 2. The van der Waals surface area contributed by atoms with Crippen molar-refractivity contribution in [1.29, 1.82) is 0 Å². The molecule has 0 unspecified atom stereocenters. The van der Waals surface area contributed by atoms with Gasteiger partial charge in [-0.15, -0.1) is 0 Å². The van der Waals surface area contributed by atoms with E-state index in [0.29, 0.717) is 0 Å². The van der Waals surface area contributed by atoms with Crippen LogP contribution in [0.2, 0.25) is 0 Å². The van der Waals surface area contributed by atoms with Crippen LogP contribution in [0, 0.1) is 0 Å². The van der Waals surface area contributed by atoms with Gasteiger partial charge in [0.15, 0.2) is 5.76 Å². The summed E-state index contributed by atoms with van der Waals surface area (Å²) in [6, 6.07) is 3.85. The van der Waals surface area contributed by atoms with Crippen molar-refractivity contribution in [3.05, 3.63) is 36.3 Å². The Kier molecular flexibility index (Phi) is 3.09. The normalized spacial score (nSPS) is 10.5. The molecule has 0 spiro atoms. The third-order valence-corrected chi connectivity index (χ3v) is 2.13. The Morgan fingerprint density at radius 1 is 1.40 bits per heavy atom. The van der Waals surface area contributed by atoms with Crippen LogP contribution >= 0.6 is 0 Å². The molecule has 78 valence electrons. The van der Waals surface area contributed by atoms with E-state index in [-0.39, 0.29) is 0 Å². The zero-order valence-corrected chi connectivity index (χ0v) is 8.60. The fraction of sp³-hybridized carbons (Fsp3) is 0.273. The van der Waals surface area contributed by atoms with E-state index in [1.54, 1.807) is 18.6 Å². The van der Waals surface area contributed by atoms with E-state index in [4.69, 9.17) is 4.52 Å². The van der Waals surface area contributed by atoms with E-state index >= 15 is 0 Å². The maximum atomic E-state index is 5.22. The van der Waals surface area contributed by atoms with Crippen molar-refractivity contribution in [1.82, 2.24) is 15.5 Å². The summed E-state index contributed by atoms with van der Waals surface area (Å²) in [5, 5.41) is 7.05. The van der Waals surface area contributed by atoms with Crippen LogP contribution in [0.3, 0.4) is 0 Å². The van der Waals surface area contributed by atoms with Gasteiger partial charge in [0.1, 0.15) is 0 Å². The molecule has 0 aromatic carbocycles. The first-order chi connectivity index (χ1) is 7.42. The predicted octanol–water partition coefficient (Wildman–Crippen LogP) is 1.85. The summed E-state index contributed by atoms with van der Waals surface area (Å²) in [6.45, 7) is 3.76.